The van der Waals surface area contributed by atoms with Crippen LogP contribution >= 0.6 is 0 Å². The lowest BCUT2D eigenvalue weighted by molar-refractivity contribution is -0.118. The molecule has 0 saturated carbocycles. The molecule has 1 aliphatic rings. The van der Waals surface area contributed by atoms with Gasteiger partial charge in [-0.3, -0.25) is 10.1 Å². The Morgan fingerprint density at radius 2 is 2.67 bits per heavy atom. The second-order valence-corrected chi connectivity index (χ2v) is 2.13. The van der Waals surface area contributed by atoms with E-state index in [9.17, 15) is 4.79 Å². The average molecular weight is 129 g/mol. The highest BCUT2D eigenvalue weighted by molar-refractivity contribution is 5.55. The summed E-state index contributed by atoms with van der Waals surface area (Å²) in [4.78, 5) is 10.1. The van der Waals surface area contributed by atoms with Gasteiger partial charge < -0.3 is 4.74 Å². The predicted molar refractivity (Wildman–Crippen MR) is 33.0 cm³/mol. The molecule has 0 spiro atoms. The van der Waals surface area contributed by atoms with Gasteiger partial charge in [0.25, 0.3) is 0 Å². The summed E-state index contributed by atoms with van der Waals surface area (Å²) in [7, 11) is 0. The maximum absolute atomic E-state index is 10.1. The zero-order chi connectivity index (χ0) is 6.69. The quantitative estimate of drug-likeness (QED) is 0.529. The van der Waals surface area contributed by atoms with E-state index in [1.165, 1.54) is 0 Å². The van der Waals surface area contributed by atoms with E-state index in [1.54, 1.807) is 0 Å². The molecule has 0 amide bonds. The van der Waals surface area contributed by atoms with E-state index in [-0.39, 0.29) is 12.3 Å². The Kier molecular flexibility index (Phi) is 2.19. The first-order valence-electron chi connectivity index (χ1n) is 3.21. The van der Waals surface area contributed by atoms with Crippen LogP contribution in [0.3, 0.4) is 0 Å². The smallest absolute Gasteiger partial charge is 0.165 e. The summed E-state index contributed by atoms with van der Waals surface area (Å²) >= 11 is 0. The third-order valence-electron chi connectivity index (χ3n) is 1.46. The van der Waals surface area contributed by atoms with Gasteiger partial charge in [0.05, 0.1) is 6.10 Å². The van der Waals surface area contributed by atoms with E-state index in [2.05, 4.69) is 5.32 Å². The fraction of sp³-hybridized carbons (Fsp3) is 0.833. The van der Waals surface area contributed by atoms with Crippen LogP contribution in [0, 0.1) is 0 Å². The van der Waals surface area contributed by atoms with Crippen molar-refractivity contribution >= 4 is 6.29 Å². The lowest BCUT2D eigenvalue weighted by Gasteiger charge is -2.03. The molecule has 0 bridgehead atoms. The summed E-state index contributed by atoms with van der Waals surface area (Å²) in [6.07, 6.45) is 1.64. The van der Waals surface area contributed by atoms with E-state index in [0.717, 1.165) is 19.3 Å². The van der Waals surface area contributed by atoms with Crippen molar-refractivity contribution in [1.82, 2.24) is 5.32 Å². The minimum Gasteiger partial charge on any atom is -0.352 e. The van der Waals surface area contributed by atoms with Crippen molar-refractivity contribution in [2.45, 2.75) is 25.7 Å². The Morgan fingerprint density at radius 1 is 1.89 bits per heavy atom. The van der Waals surface area contributed by atoms with Crippen LogP contribution in [0.15, 0.2) is 0 Å². The topological polar surface area (TPSA) is 38.3 Å². The van der Waals surface area contributed by atoms with Crippen molar-refractivity contribution in [3.8, 4) is 0 Å². The Labute approximate surface area is 54.4 Å². The van der Waals surface area contributed by atoms with E-state index in [0.29, 0.717) is 0 Å². The molecule has 1 fully saturated rings. The molecule has 1 N–H and O–H groups in total. The van der Waals surface area contributed by atoms with Crippen LogP contribution in [-0.4, -0.2) is 25.2 Å². The molecule has 1 aliphatic heterocycles. The zero-order valence-electron chi connectivity index (χ0n) is 5.46. The van der Waals surface area contributed by atoms with E-state index < -0.39 is 0 Å². The fourth-order valence-electron chi connectivity index (χ4n) is 0.872. The van der Waals surface area contributed by atoms with Crippen molar-refractivity contribution in [1.29, 1.82) is 0 Å². The summed E-state index contributed by atoms with van der Waals surface area (Å²) < 4.78 is 5.18. The van der Waals surface area contributed by atoms with Gasteiger partial charge in [0.15, 0.2) is 12.5 Å². The largest absolute Gasteiger partial charge is 0.352 e. The third-order valence-corrected chi connectivity index (χ3v) is 1.46. The third kappa shape index (κ3) is 1.50. The summed E-state index contributed by atoms with van der Waals surface area (Å²) in [5.41, 5.74) is 0. The van der Waals surface area contributed by atoms with Gasteiger partial charge in [0.2, 0.25) is 0 Å². The molecule has 3 nitrogen and oxygen atoms in total. The number of rotatable bonds is 2. The highest BCUT2D eigenvalue weighted by Gasteiger charge is 2.21. The number of aldehydes is 1. The summed E-state index contributed by atoms with van der Waals surface area (Å²) in [5.74, 6) is 0. The molecule has 0 radical (unpaired) electrons. The standard InChI is InChI=1S/C6H11NO2/c1-2-5-3-7-6(4-8)9-5/h4-7H,2-3H2,1H3. The van der Waals surface area contributed by atoms with Crippen molar-refractivity contribution in [3.05, 3.63) is 0 Å². The van der Waals surface area contributed by atoms with Crippen LogP contribution < -0.4 is 5.32 Å². The molecule has 9 heavy (non-hydrogen) atoms. The molecule has 2 atom stereocenters. The number of ether oxygens (including phenoxy) is 1. The number of nitrogens with one attached hydrogen (secondary N) is 1. The van der Waals surface area contributed by atoms with Crippen LogP contribution in [-0.2, 0) is 9.53 Å². The number of carbonyl (C=O) groups excluding carboxylic acids is 1. The molecule has 0 aromatic carbocycles. The Hall–Kier alpha value is -0.410. The van der Waals surface area contributed by atoms with Gasteiger partial charge in [-0.05, 0) is 6.42 Å². The molecule has 0 aliphatic carbocycles. The first kappa shape index (κ1) is 6.71. The monoisotopic (exact) mass is 129 g/mol. The molecular weight excluding hydrogens is 118 g/mol. The highest BCUT2D eigenvalue weighted by Crippen LogP contribution is 2.05. The van der Waals surface area contributed by atoms with Gasteiger partial charge in [0, 0.05) is 6.54 Å². The zero-order valence-corrected chi connectivity index (χ0v) is 5.46. The summed E-state index contributed by atoms with van der Waals surface area (Å²) in [6, 6.07) is 0. The molecule has 0 aromatic heterocycles. The second-order valence-electron chi connectivity index (χ2n) is 2.13. The SMILES string of the molecule is CCC1CNC(C=O)O1. The van der Waals surface area contributed by atoms with E-state index in [1.807, 2.05) is 6.92 Å². The van der Waals surface area contributed by atoms with Crippen molar-refractivity contribution in [3.63, 3.8) is 0 Å². The first-order valence-corrected chi connectivity index (χ1v) is 3.21. The van der Waals surface area contributed by atoms with Crippen LogP contribution in [0.4, 0.5) is 0 Å². The minimum atomic E-state index is -0.352. The van der Waals surface area contributed by atoms with Gasteiger partial charge in [-0.25, -0.2) is 0 Å². The Bertz CT molecular complexity index is 105. The van der Waals surface area contributed by atoms with E-state index in [4.69, 9.17) is 4.74 Å². The predicted octanol–water partition coefficient (Wildman–Crippen LogP) is -0.0902. The van der Waals surface area contributed by atoms with Gasteiger partial charge >= 0.3 is 0 Å². The Balaban J connectivity index is 2.28. The van der Waals surface area contributed by atoms with Crippen LogP contribution in [0.2, 0.25) is 0 Å². The number of hydrogen-bond acceptors (Lipinski definition) is 3. The molecule has 52 valence electrons. The van der Waals surface area contributed by atoms with E-state index >= 15 is 0 Å². The average Bonchev–Trinajstić information content (AvgIpc) is 2.34. The molecule has 1 heterocycles. The maximum atomic E-state index is 10.1. The van der Waals surface area contributed by atoms with Crippen molar-refractivity contribution in [2.24, 2.45) is 0 Å². The van der Waals surface area contributed by atoms with Crippen molar-refractivity contribution < 1.29 is 9.53 Å². The molecule has 2 unspecified atom stereocenters. The summed E-state index contributed by atoms with van der Waals surface area (Å²) in [6.45, 7) is 2.85. The van der Waals surface area contributed by atoms with Gasteiger partial charge in [-0.15, -0.1) is 0 Å². The number of hydrogen-bond donors (Lipinski definition) is 1. The van der Waals surface area contributed by atoms with Crippen LogP contribution in [0.1, 0.15) is 13.3 Å². The second kappa shape index (κ2) is 2.94. The lowest BCUT2D eigenvalue weighted by atomic mass is 10.3. The number of carbonyl (C=O) groups is 1. The van der Waals surface area contributed by atoms with Gasteiger partial charge in [0.1, 0.15) is 0 Å². The molecule has 1 rings (SSSR count). The molecule has 0 aromatic rings. The molecule has 1 saturated heterocycles. The first-order chi connectivity index (χ1) is 4.36. The van der Waals surface area contributed by atoms with Gasteiger partial charge in [-0.2, -0.15) is 0 Å². The molecular formula is C6H11NO2. The van der Waals surface area contributed by atoms with Crippen molar-refractivity contribution in [2.75, 3.05) is 6.54 Å². The Morgan fingerprint density at radius 3 is 3.00 bits per heavy atom. The minimum absolute atomic E-state index is 0.236. The normalized spacial score (nSPS) is 34.8. The lowest BCUT2D eigenvalue weighted by Crippen LogP contribution is -2.23. The van der Waals surface area contributed by atoms with Crippen LogP contribution in [0.5, 0.6) is 0 Å². The molecule has 3 heteroatoms. The van der Waals surface area contributed by atoms with Gasteiger partial charge in [-0.1, -0.05) is 6.92 Å². The highest BCUT2D eigenvalue weighted by atomic mass is 16.5. The fourth-order valence-corrected chi connectivity index (χ4v) is 0.872. The summed E-state index contributed by atoms with van der Waals surface area (Å²) in [5, 5.41) is 2.92. The maximum Gasteiger partial charge on any atom is 0.165 e. The van der Waals surface area contributed by atoms with Crippen LogP contribution in [0.25, 0.3) is 0 Å².